The molecule has 0 spiro atoms. The molecule has 13 heavy (non-hydrogen) atoms. The molecule has 1 rings (SSSR count). The zero-order chi connectivity index (χ0) is 10.1. The number of nitrogens with zero attached hydrogens (tertiary/aromatic N) is 2. The topological polar surface area (TPSA) is 135 Å². The van der Waals surface area contributed by atoms with Crippen molar-refractivity contribution in [3.63, 3.8) is 0 Å². The SMILES string of the molecule is NC(=O)N(c1ncc[nH]1)S(N)(=O)=O. The van der Waals surface area contributed by atoms with Crippen molar-refractivity contribution in [2.45, 2.75) is 0 Å². The molecular formula is C4H7N5O3S. The fourth-order valence-electron chi connectivity index (χ4n) is 0.718. The van der Waals surface area contributed by atoms with Gasteiger partial charge >= 0.3 is 16.2 Å². The Labute approximate surface area is 73.7 Å². The van der Waals surface area contributed by atoms with Crippen LogP contribution in [0.2, 0.25) is 0 Å². The van der Waals surface area contributed by atoms with Gasteiger partial charge < -0.3 is 10.7 Å². The highest BCUT2D eigenvalue weighted by molar-refractivity contribution is 7.91. The summed E-state index contributed by atoms with van der Waals surface area (Å²) in [5.41, 5.74) is 4.78. The van der Waals surface area contributed by atoms with Crippen molar-refractivity contribution < 1.29 is 13.2 Å². The number of H-pyrrole nitrogens is 1. The summed E-state index contributed by atoms with van der Waals surface area (Å²) in [7, 11) is -4.22. The first kappa shape index (κ1) is 9.48. The molecule has 9 heteroatoms. The third kappa shape index (κ3) is 1.95. The van der Waals surface area contributed by atoms with Gasteiger partial charge in [0.2, 0.25) is 5.95 Å². The highest BCUT2D eigenvalue weighted by atomic mass is 32.2. The van der Waals surface area contributed by atoms with Crippen molar-refractivity contribution in [1.29, 1.82) is 0 Å². The minimum atomic E-state index is -4.22. The standard InChI is InChI=1S/C4H7N5O3S/c5-3(10)9(13(6,11)12)4-7-1-2-8-4/h1-2H,(H2,5,10)(H,7,8)(H2,6,11,12). The van der Waals surface area contributed by atoms with Gasteiger partial charge in [0, 0.05) is 12.4 Å². The average molecular weight is 205 g/mol. The van der Waals surface area contributed by atoms with Crippen LogP contribution in [0, 0.1) is 0 Å². The van der Waals surface area contributed by atoms with E-state index < -0.39 is 16.2 Å². The molecule has 0 unspecified atom stereocenters. The van der Waals surface area contributed by atoms with E-state index in [2.05, 4.69) is 9.97 Å². The maximum Gasteiger partial charge on any atom is 0.336 e. The molecule has 0 aliphatic rings. The van der Waals surface area contributed by atoms with Crippen molar-refractivity contribution in [2.24, 2.45) is 10.9 Å². The summed E-state index contributed by atoms with van der Waals surface area (Å²) in [6.45, 7) is 0. The predicted octanol–water partition coefficient (Wildman–Crippen LogP) is -1.50. The van der Waals surface area contributed by atoms with E-state index in [0.717, 1.165) is 0 Å². The molecule has 0 aliphatic heterocycles. The smallest absolute Gasteiger partial charge is 0.336 e. The molecule has 0 bridgehead atoms. The van der Waals surface area contributed by atoms with Crippen LogP contribution < -0.4 is 15.2 Å². The third-order valence-electron chi connectivity index (χ3n) is 1.13. The van der Waals surface area contributed by atoms with Gasteiger partial charge in [-0.05, 0) is 0 Å². The van der Waals surface area contributed by atoms with Crippen LogP contribution in [0.3, 0.4) is 0 Å². The van der Waals surface area contributed by atoms with Crippen molar-refractivity contribution in [2.75, 3.05) is 4.31 Å². The number of urea groups is 1. The lowest BCUT2D eigenvalue weighted by molar-refractivity contribution is 0.256. The number of anilines is 1. The highest BCUT2D eigenvalue weighted by Gasteiger charge is 2.25. The number of aromatic amines is 1. The summed E-state index contributed by atoms with van der Waals surface area (Å²) >= 11 is 0. The van der Waals surface area contributed by atoms with Gasteiger partial charge in [-0.2, -0.15) is 8.42 Å². The lowest BCUT2D eigenvalue weighted by atomic mass is 10.9. The summed E-state index contributed by atoms with van der Waals surface area (Å²) < 4.78 is 21.8. The average Bonchev–Trinajstić information content (AvgIpc) is 2.34. The van der Waals surface area contributed by atoms with Gasteiger partial charge in [0.05, 0.1) is 0 Å². The van der Waals surface area contributed by atoms with E-state index >= 15 is 0 Å². The molecular weight excluding hydrogens is 198 g/mol. The number of hydrogen-bond donors (Lipinski definition) is 3. The van der Waals surface area contributed by atoms with E-state index in [1.165, 1.54) is 12.4 Å². The normalized spacial score (nSPS) is 11.2. The Kier molecular flexibility index (Phi) is 2.21. The number of primary amides is 1. The Hall–Kier alpha value is -1.61. The third-order valence-corrected chi connectivity index (χ3v) is 1.99. The quantitative estimate of drug-likeness (QED) is 0.541. The minimum absolute atomic E-state index is 0.160. The molecule has 2 amide bonds. The molecule has 1 heterocycles. The first-order valence-corrected chi connectivity index (χ1v) is 4.55. The van der Waals surface area contributed by atoms with Crippen LogP contribution in [-0.2, 0) is 10.2 Å². The maximum absolute atomic E-state index is 10.8. The zero-order valence-corrected chi connectivity index (χ0v) is 7.15. The summed E-state index contributed by atoms with van der Waals surface area (Å²) in [5.74, 6) is -0.241. The first-order chi connectivity index (χ1) is 5.93. The van der Waals surface area contributed by atoms with Gasteiger partial charge in [0.15, 0.2) is 0 Å². The van der Waals surface area contributed by atoms with Crippen molar-refractivity contribution in [1.82, 2.24) is 9.97 Å². The number of aromatic nitrogens is 2. The second-order valence-corrected chi connectivity index (χ2v) is 3.46. The van der Waals surface area contributed by atoms with E-state index in [0.29, 0.717) is 0 Å². The number of rotatable bonds is 2. The fraction of sp³-hybridized carbons (Fsp3) is 0. The minimum Gasteiger partial charge on any atom is -0.350 e. The second kappa shape index (κ2) is 3.03. The molecule has 1 aromatic rings. The van der Waals surface area contributed by atoms with Gasteiger partial charge in [0.1, 0.15) is 0 Å². The van der Waals surface area contributed by atoms with Crippen molar-refractivity contribution >= 4 is 22.2 Å². The summed E-state index contributed by atoms with van der Waals surface area (Å²) in [6.07, 6.45) is 2.59. The van der Waals surface area contributed by atoms with Crippen molar-refractivity contribution in [3.8, 4) is 0 Å². The van der Waals surface area contributed by atoms with Crippen LogP contribution in [0.15, 0.2) is 12.4 Å². The number of nitrogens with two attached hydrogens (primary N) is 2. The van der Waals surface area contributed by atoms with E-state index in [1.54, 1.807) is 0 Å². The number of imidazole rings is 1. The molecule has 0 saturated heterocycles. The van der Waals surface area contributed by atoms with Gasteiger partial charge in [-0.25, -0.2) is 14.9 Å². The fourth-order valence-corrected chi connectivity index (χ4v) is 1.31. The summed E-state index contributed by atoms with van der Waals surface area (Å²) in [5, 5.41) is 4.71. The Bertz CT molecular complexity index is 395. The maximum atomic E-state index is 10.8. The second-order valence-electron chi connectivity index (χ2n) is 2.06. The monoisotopic (exact) mass is 205 g/mol. The highest BCUT2D eigenvalue weighted by Crippen LogP contribution is 2.07. The van der Waals surface area contributed by atoms with Gasteiger partial charge in [-0.3, -0.25) is 0 Å². The number of hydrogen-bond acceptors (Lipinski definition) is 4. The van der Waals surface area contributed by atoms with Crippen LogP contribution >= 0.6 is 0 Å². The van der Waals surface area contributed by atoms with Crippen LogP contribution in [0.4, 0.5) is 10.7 Å². The Morgan fingerprint density at radius 2 is 2.23 bits per heavy atom. The van der Waals surface area contributed by atoms with Crippen molar-refractivity contribution in [3.05, 3.63) is 12.4 Å². The van der Waals surface area contributed by atoms with Crippen LogP contribution in [-0.4, -0.2) is 24.4 Å². The van der Waals surface area contributed by atoms with E-state index in [4.69, 9.17) is 10.9 Å². The lowest BCUT2D eigenvalue weighted by Gasteiger charge is -2.12. The Morgan fingerprint density at radius 1 is 1.62 bits per heavy atom. The molecule has 1 aromatic heterocycles. The number of carbonyl (C=O) groups is 1. The number of nitrogens with one attached hydrogen (secondary N) is 1. The van der Waals surface area contributed by atoms with E-state index in [1.807, 2.05) is 0 Å². The molecule has 0 aliphatic carbocycles. The van der Waals surface area contributed by atoms with Crippen LogP contribution in [0.5, 0.6) is 0 Å². The largest absolute Gasteiger partial charge is 0.350 e. The Morgan fingerprint density at radius 3 is 2.54 bits per heavy atom. The molecule has 5 N–H and O–H groups in total. The van der Waals surface area contributed by atoms with E-state index in [-0.39, 0.29) is 10.3 Å². The van der Waals surface area contributed by atoms with Gasteiger partial charge in [-0.15, -0.1) is 4.31 Å². The zero-order valence-electron chi connectivity index (χ0n) is 6.34. The summed E-state index contributed by atoms with van der Waals surface area (Å²) in [4.78, 5) is 16.6. The summed E-state index contributed by atoms with van der Waals surface area (Å²) in [6, 6.07) is -1.22. The van der Waals surface area contributed by atoms with Crippen LogP contribution in [0.25, 0.3) is 0 Å². The Balaban J connectivity index is 3.17. The molecule has 0 radical (unpaired) electrons. The molecule has 0 aromatic carbocycles. The van der Waals surface area contributed by atoms with Crippen LogP contribution in [0.1, 0.15) is 0 Å². The number of amides is 2. The first-order valence-electron chi connectivity index (χ1n) is 3.05. The van der Waals surface area contributed by atoms with E-state index in [9.17, 15) is 13.2 Å². The lowest BCUT2D eigenvalue weighted by Crippen LogP contribution is -2.45. The van der Waals surface area contributed by atoms with Gasteiger partial charge in [0.25, 0.3) is 0 Å². The molecule has 8 nitrogen and oxygen atoms in total. The molecule has 0 fully saturated rings. The molecule has 0 saturated carbocycles. The predicted molar refractivity (Wildman–Crippen MR) is 43.8 cm³/mol. The van der Waals surface area contributed by atoms with Gasteiger partial charge in [-0.1, -0.05) is 0 Å². The molecule has 0 atom stereocenters. The molecule has 72 valence electrons. The number of carbonyl (C=O) groups excluding carboxylic acids is 1.